The van der Waals surface area contributed by atoms with E-state index < -0.39 is 11.7 Å². The smallest absolute Gasteiger partial charge is 0.166 e. The molecular formula is C16H15F3S. The van der Waals surface area contributed by atoms with Crippen molar-refractivity contribution in [1.29, 1.82) is 0 Å². The first-order valence-corrected chi connectivity index (χ1v) is 7.35. The van der Waals surface area contributed by atoms with Crippen LogP contribution >= 0.6 is 11.8 Å². The minimum atomic E-state index is -4.26. The molecule has 0 saturated carbocycles. The lowest BCUT2D eigenvalue weighted by molar-refractivity contribution is -0.137. The molecule has 0 radical (unpaired) electrons. The standard InChI is InChI=1S/C16H15F3S/c1-2-12-4-3-5-15(10-12)20-11-13-6-8-14(9-7-13)16(17,18)19/h3-10H,2,11H2,1H3. The molecule has 0 spiro atoms. The normalized spacial score (nSPS) is 11.6. The minimum Gasteiger partial charge on any atom is -0.166 e. The third-order valence-electron chi connectivity index (χ3n) is 2.99. The topological polar surface area (TPSA) is 0 Å². The van der Waals surface area contributed by atoms with Gasteiger partial charge >= 0.3 is 6.18 Å². The Balaban J connectivity index is 2.00. The second-order valence-corrected chi connectivity index (χ2v) is 5.53. The van der Waals surface area contributed by atoms with Gasteiger partial charge in [-0.3, -0.25) is 0 Å². The van der Waals surface area contributed by atoms with E-state index in [0.29, 0.717) is 5.75 Å². The highest BCUT2D eigenvalue weighted by molar-refractivity contribution is 7.98. The summed E-state index contributed by atoms with van der Waals surface area (Å²) in [5, 5.41) is 0. The number of thioether (sulfide) groups is 1. The first-order chi connectivity index (χ1) is 9.49. The molecule has 0 unspecified atom stereocenters. The summed E-state index contributed by atoms with van der Waals surface area (Å²) in [4.78, 5) is 1.14. The van der Waals surface area contributed by atoms with Crippen LogP contribution < -0.4 is 0 Å². The Morgan fingerprint density at radius 3 is 2.25 bits per heavy atom. The van der Waals surface area contributed by atoms with Crippen molar-refractivity contribution in [2.75, 3.05) is 0 Å². The van der Waals surface area contributed by atoms with Crippen molar-refractivity contribution in [3.63, 3.8) is 0 Å². The van der Waals surface area contributed by atoms with Gasteiger partial charge in [0.05, 0.1) is 5.56 Å². The summed E-state index contributed by atoms with van der Waals surface area (Å²) in [7, 11) is 0. The summed E-state index contributed by atoms with van der Waals surface area (Å²) in [6.07, 6.45) is -3.28. The van der Waals surface area contributed by atoms with Gasteiger partial charge in [0.1, 0.15) is 0 Å². The third-order valence-corrected chi connectivity index (χ3v) is 4.06. The van der Waals surface area contributed by atoms with Gasteiger partial charge in [-0.1, -0.05) is 31.2 Å². The van der Waals surface area contributed by atoms with Gasteiger partial charge in [0.15, 0.2) is 0 Å². The van der Waals surface area contributed by atoms with E-state index in [1.54, 1.807) is 23.9 Å². The summed E-state index contributed by atoms with van der Waals surface area (Å²) in [6.45, 7) is 2.10. The van der Waals surface area contributed by atoms with Crippen molar-refractivity contribution in [1.82, 2.24) is 0 Å². The molecule has 0 aliphatic rings. The van der Waals surface area contributed by atoms with Gasteiger partial charge in [0.2, 0.25) is 0 Å². The fourth-order valence-electron chi connectivity index (χ4n) is 1.81. The number of hydrogen-bond donors (Lipinski definition) is 0. The van der Waals surface area contributed by atoms with Gasteiger partial charge in [-0.2, -0.15) is 13.2 Å². The van der Waals surface area contributed by atoms with Crippen LogP contribution in [0.2, 0.25) is 0 Å². The first kappa shape index (κ1) is 15.0. The maximum absolute atomic E-state index is 12.4. The van der Waals surface area contributed by atoms with Crippen molar-refractivity contribution < 1.29 is 13.2 Å². The fourth-order valence-corrected chi connectivity index (χ4v) is 2.75. The lowest BCUT2D eigenvalue weighted by Gasteiger charge is -2.08. The maximum atomic E-state index is 12.4. The SMILES string of the molecule is CCc1cccc(SCc2ccc(C(F)(F)F)cc2)c1. The largest absolute Gasteiger partial charge is 0.416 e. The zero-order valence-electron chi connectivity index (χ0n) is 11.1. The minimum absolute atomic E-state index is 0.598. The predicted molar refractivity (Wildman–Crippen MR) is 76.8 cm³/mol. The Morgan fingerprint density at radius 2 is 1.65 bits per heavy atom. The zero-order valence-corrected chi connectivity index (χ0v) is 11.9. The van der Waals surface area contributed by atoms with E-state index in [1.807, 2.05) is 12.1 Å². The highest BCUT2D eigenvalue weighted by Gasteiger charge is 2.29. The Bertz CT molecular complexity index is 559. The van der Waals surface area contributed by atoms with Gasteiger partial charge in [-0.05, 0) is 41.8 Å². The van der Waals surface area contributed by atoms with Gasteiger partial charge in [0.25, 0.3) is 0 Å². The van der Waals surface area contributed by atoms with Crippen molar-refractivity contribution >= 4 is 11.8 Å². The lowest BCUT2D eigenvalue weighted by Crippen LogP contribution is -2.04. The van der Waals surface area contributed by atoms with Crippen molar-refractivity contribution in [2.45, 2.75) is 30.2 Å². The molecule has 0 bridgehead atoms. The molecule has 2 aromatic rings. The molecular weight excluding hydrogens is 281 g/mol. The Kier molecular flexibility index (Phi) is 4.76. The Hall–Kier alpha value is -1.42. The van der Waals surface area contributed by atoms with E-state index in [2.05, 4.69) is 19.1 Å². The zero-order chi connectivity index (χ0) is 14.6. The van der Waals surface area contributed by atoms with Gasteiger partial charge in [-0.25, -0.2) is 0 Å². The average Bonchev–Trinajstić information content (AvgIpc) is 2.45. The molecule has 0 aliphatic carbocycles. The number of halogens is 3. The fraction of sp³-hybridized carbons (Fsp3) is 0.250. The Labute approximate surface area is 121 Å². The Morgan fingerprint density at radius 1 is 0.950 bits per heavy atom. The van der Waals surface area contributed by atoms with E-state index in [0.717, 1.165) is 29.0 Å². The summed E-state index contributed by atoms with van der Waals surface area (Å²) >= 11 is 1.64. The summed E-state index contributed by atoms with van der Waals surface area (Å²) in [5.74, 6) is 0.672. The van der Waals surface area contributed by atoms with Gasteiger partial charge in [-0.15, -0.1) is 11.8 Å². The first-order valence-electron chi connectivity index (χ1n) is 6.37. The van der Waals surface area contributed by atoms with Crippen molar-refractivity contribution in [3.8, 4) is 0 Å². The molecule has 0 saturated heterocycles. The number of hydrogen-bond acceptors (Lipinski definition) is 1. The van der Waals surface area contributed by atoms with Crippen LogP contribution in [0.15, 0.2) is 53.4 Å². The molecule has 0 fully saturated rings. The third kappa shape index (κ3) is 4.04. The van der Waals surface area contributed by atoms with Crippen LogP contribution in [0.4, 0.5) is 13.2 Å². The summed E-state index contributed by atoms with van der Waals surface area (Å²) in [5.41, 5.74) is 1.56. The number of aryl methyl sites for hydroxylation is 1. The van der Waals surface area contributed by atoms with Crippen molar-refractivity contribution in [2.24, 2.45) is 0 Å². The highest BCUT2D eigenvalue weighted by atomic mass is 32.2. The summed E-state index contributed by atoms with van der Waals surface area (Å²) in [6, 6.07) is 13.6. The molecule has 20 heavy (non-hydrogen) atoms. The average molecular weight is 296 g/mol. The van der Waals surface area contributed by atoms with Crippen LogP contribution in [-0.4, -0.2) is 0 Å². The molecule has 2 aromatic carbocycles. The highest BCUT2D eigenvalue weighted by Crippen LogP contribution is 2.30. The van der Waals surface area contributed by atoms with Gasteiger partial charge in [0, 0.05) is 10.6 Å². The van der Waals surface area contributed by atoms with E-state index in [-0.39, 0.29) is 0 Å². The predicted octanol–water partition coefficient (Wildman–Crippen LogP) is 5.56. The molecule has 0 amide bonds. The van der Waals surface area contributed by atoms with Crippen LogP contribution in [0.25, 0.3) is 0 Å². The van der Waals surface area contributed by atoms with E-state index in [9.17, 15) is 13.2 Å². The molecule has 0 aromatic heterocycles. The van der Waals surface area contributed by atoms with Crippen LogP contribution in [0.3, 0.4) is 0 Å². The molecule has 4 heteroatoms. The summed E-state index contributed by atoms with van der Waals surface area (Å²) < 4.78 is 37.3. The van der Waals surface area contributed by atoms with Crippen LogP contribution in [0.5, 0.6) is 0 Å². The van der Waals surface area contributed by atoms with Gasteiger partial charge < -0.3 is 0 Å². The molecule has 106 valence electrons. The molecule has 0 heterocycles. The van der Waals surface area contributed by atoms with E-state index >= 15 is 0 Å². The molecule has 0 nitrogen and oxygen atoms in total. The second kappa shape index (κ2) is 6.35. The number of rotatable bonds is 4. The maximum Gasteiger partial charge on any atom is 0.416 e. The van der Waals surface area contributed by atoms with E-state index in [4.69, 9.17) is 0 Å². The molecule has 0 N–H and O–H groups in total. The molecule has 0 aliphatic heterocycles. The second-order valence-electron chi connectivity index (χ2n) is 4.48. The molecule has 0 atom stereocenters. The number of alkyl halides is 3. The monoisotopic (exact) mass is 296 g/mol. The van der Waals surface area contributed by atoms with Crippen molar-refractivity contribution in [3.05, 3.63) is 65.2 Å². The lowest BCUT2D eigenvalue weighted by atomic mass is 10.1. The van der Waals surface area contributed by atoms with Crippen LogP contribution in [0, 0.1) is 0 Å². The van der Waals surface area contributed by atoms with Crippen LogP contribution in [0.1, 0.15) is 23.6 Å². The van der Waals surface area contributed by atoms with E-state index in [1.165, 1.54) is 5.56 Å². The quantitative estimate of drug-likeness (QED) is 0.666. The molecule has 2 rings (SSSR count). The van der Waals surface area contributed by atoms with Crippen LogP contribution in [-0.2, 0) is 18.3 Å². The number of benzene rings is 2.